The summed E-state index contributed by atoms with van der Waals surface area (Å²) in [4.78, 5) is 28.4. The Hall–Kier alpha value is -2.64. The molecule has 1 heterocycles. The molecule has 8 heteroatoms. The molecule has 0 aliphatic carbocycles. The molecule has 1 aliphatic heterocycles. The summed E-state index contributed by atoms with van der Waals surface area (Å²) in [6.07, 6.45) is 2.36. The summed E-state index contributed by atoms with van der Waals surface area (Å²) in [6.45, 7) is 4.69. The number of amides is 1. The molecular formula is C17H25N5O3. The van der Waals surface area contributed by atoms with Gasteiger partial charge in [0.1, 0.15) is 0 Å². The zero-order chi connectivity index (χ0) is 18.2. The van der Waals surface area contributed by atoms with Crippen LogP contribution in [0.25, 0.3) is 0 Å². The number of nitro benzene ring substituents is 1. The molecule has 1 aromatic rings. The lowest BCUT2D eigenvalue weighted by molar-refractivity contribution is -0.384. The van der Waals surface area contributed by atoms with E-state index in [1.165, 1.54) is 6.07 Å². The highest BCUT2D eigenvalue weighted by molar-refractivity contribution is 5.80. The number of carbonyl (C=O) groups is 1. The van der Waals surface area contributed by atoms with E-state index in [0.29, 0.717) is 13.0 Å². The lowest BCUT2D eigenvalue weighted by Crippen LogP contribution is -2.47. The van der Waals surface area contributed by atoms with Crippen molar-refractivity contribution < 1.29 is 9.72 Å². The Labute approximate surface area is 147 Å². The van der Waals surface area contributed by atoms with Crippen LogP contribution < -0.4 is 11.1 Å². The number of guanidine groups is 1. The van der Waals surface area contributed by atoms with Crippen molar-refractivity contribution in [2.45, 2.75) is 32.7 Å². The highest BCUT2D eigenvalue weighted by atomic mass is 16.6. The van der Waals surface area contributed by atoms with E-state index in [9.17, 15) is 14.9 Å². The molecule has 1 aliphatic rings. The van der Waals surface area contributed by atoms with Crippen molar-refractivity contribution in [2.24, 2.45) is 16.6 Å². The Morgan fingerprint density at radius 1 is 1.52 bits per heavy atom. The van der Waals surface area contributed by atoms with Crippen molar-refractivity contribution in [1.82, 2.24) is 10.2 Å². The molecular weight excluding hydrogens is 322 g/mol. The number of nitrogens with two attached hydrogens (primary N) is 1. The molecule has 25 heavy (non-hydrogen) atoms. The number of primary amides is 1. The fourth-order valence-electron chi connectivity index (χ4n) is 3.07. The molecule has 0 saturated carbocycles. The van der Waals surface area contributed by atoms with E-state index < -0.39 is 4.92 Å². The summed E-state index contributed by atoms with van der Waals surface area (Å²) in [5, 5.41) is 14.1. The molecule has 8 nitrogen and oxygen atoms in total. The van der Waals surface area contributed by atoms with Gasteiger partial charge in [-0.05, 0) is 31.2 Å². The molecule has 1 amide bonds. The largest absolute Gasteiger partial charge is 0.370 e. The predicted octanol–water partition coefficient (Wildman–Crippen LogP) is 1.65. The van der Waals surface area contributed by atoms with Crippen molar-refractivity contribution in [3.05, 3.63) is 39.9 Å². The van der Waals surface area contributed by atoms with Gasteiger partial charge >= 0.3 is 0 Å². The van der Waals surface area contributed by atoms with E-state index in [-0.39, 0.29) is 17.5 Å². The van der Waals surface area contributed by atoms with E-state index in [2.05, 4.69) is 15.2 Å². The van der Waals surface area contributed by atoms with Gasteiger partial charge in [0, 0.05) is 38.2 Å². The lowest BCUT2D eigenvalue weighted by Gasteiger charge is -2.34. The number of nitrogens with zero attached hydrogens (tertiary/aromatic N) is 3. The minimum Gasteiger partial charge on any atom is -0.370 e. The number of carbonyl (C=O) groups excluding carboxylic acids is 1. The smallest absolute Gasteiger partial charge is 0.269 e. The Balaban J connectivity index is 2.08. The number of benzene rings is 1. The number of piperidine rings is 1. The first kappa shape index (κ1) is 18.7. The van der Waals surface area contributed by atoms with E-state index in [1.807, 2.05) is 13.0 Å². The molecule has 0 radical (unpaired) electrons. The van der Waals surface area contributed by atoms with Crippen LogP contribution in [0.2, 0.25) is 0 Å². The molecule has 0 bridgehead atoms. The van der Waals surface area contributed by atoms with Crippen LogP contribution in [-0.4, -0.2) is 41.3 Å². The normalized spacial score (nSPS) is 18.0. The van der Waals surface area contributed by atoms with Crippen LogP contribution in [0.3, 0.4) is 0 Å². The van der Waals surface area contributed by atoms with Gasteiger partial charge in [-0.15, -0.1) is 0 Å². The molecule has 1 fully saturated rings. The zero-order valence-electron chi connectivity index (χ0n) is 14.5. The van der Waals surface area contributed by atoms with Gasteiger partial charge < -0.3 is 16.0 Å². The predicted molar refractivity (Wildman–Crippen MR) is 96.0 cm³/mol. The van der Waals surface area contributed by atoms with Gasteiger partial charge in [-0.3, -0.25) is 14.9 Å². The SMILES string of the molecule is CCNC(=NCc1cccc([N+](=O)[O-])c1)N1CCCC(CC(N)=O)C1. The average molecular weight is 347 g/mol. The maximum atomic E-state index is 11.2. The van der Waals surface area contributed by atoms with Crippen LogP contribution in [0.5, 0.6) is 0 Å². The molecule has 3 N–H and O–H groups in total. The third-order valence-electron chi connectivity index (χ3n) is 4.18. The highest BCUT2D eigenvalue weighted by Gasteiger charge is 2.23. The van der Waals surface area contributed by atoms with Crippen LogP contribution in [0.1, 0.15) is 31.7 Å². The first-order valence-corrected chi connectivity index (χ1v) is 8.54. The molecule has 0 aromatic heterocycles. The minimum absolute atomic E-state index is 0.0668. The molecule has 1 saturated heterocycles. The number of rotatable bonds is 6. The Morgan fingerprint density at radius 2 is 2.32 bits per heavy atom. The number of nitrogens with one attached hydrogen (secondary N) is 1. The number of aliphatic imine (C=N–C) groups is 1. The number of likely N-dealkylation sites (tertiary alicyclic amines) is 1. The first-order valence-electron chi connectivity index (χ1n) is 8.54. The van der Waals surface area contributed by atoms with E-state index in [1.54, 1.807) is 12.1 Å². The fourth-order valence-corrected chi connectivity index (χ4v) is 3.07. The number of nitro groups is 1. The van der Waals surface area contributed by atoms with Gasteiger partial charge in [0.25, 0.3) is 5.69 Å². The molecule has 0 spiro atoms. The number of non-ortho nitro benzene ring substituents is 1. The van der Waals surface area contributed by atoms with Crippen molar-refractivity contribution >= 4 is 17.6 Å². The Kier molecular flexibility index (Phi) is 6.73. The van der Waals surface area contributed by atoms with Crippen molar-refractivity contribution in [2.75, 3.05) is 19.6 Å². The Morgan fingerprint density at radius 3 is 3.00 bits per heavy atom. The molecule has 1 unspecified atom stereocenters. The second-order valence-corrected chi connectivity index (χ2v) is 6.22. The maximum absolute atomic E-state index is 11.2. The van der Waals surface area contributed by atoms with Gasteiger partial charge in [-0.1, -0.05) is 12.1 Å². The zero-order valence-corrected chi connectivity index (χ0v) is 14.5. The van der Waals surface area contributed by atoms with Crippen molar-refractivity contribution in [1.29, 1.82) is 0 Å². The number of hydrogen-bond donors (Lipinski definition) is 2. The van der Waals surface area contributed by atoms with Gasteiger partial charge in [-0.2, -0.15) is 0 Å². The van der Waals surface area contributed by atoms with Gasteiger partial charge in [0.2, 0.25) is 5.91 Å². The van der Waals surface area contributed by atoms with E-state index >= 15 is 0 Å². The third kappa shape index (κ3) is 5.74. The molecule has 136 valence electrons. The van der Waals surface area contributed by atoms with Crippen molar-refractivity contribution in [3.8, 4) is 0 Å². The first-order chi connectivity index (χ1) is 12.0. The standard InChI is InChI=1S/C17H25N5O3/c1-2-19-17(21-8-4-6-14(12-21)10-16(18)23)20-11-13-5-3-7-15(9-13)22(24)25/h3,5,7,9,14H,2,4,6,8,10-12H2,1H3,(H2,18,23)(H,19,20). The second kappa shape index (κ2) is 9.00. The highest BCUT2D eigenvalue weighted by Crippen LogP contribution is 2.20. The second-order valence-electron chi connectivity index (χ2n) is 6.22. The van der Waals surface area contributed by atoms with Gasteiger partial charge in [0.05, 0.1) is 11.5 Å². The summed E-state index contributed by atoms with van der Waals surface area (Å²) in [5.74, 6) is 0.737. The number of hydrogen-bond acceptors (Lipinski definition) is 4. The van der Waals surface area contributed by atoms with Crippen LogP contribution in [0.15, 0.2) is 29.3 Å². The fraction of sp³-hybridized carbons (Fsp3) is 0.529. The van der Waals surface area contributed by atoms with E-state index in [4.69, 9.17) is 5.73 Å². The van der Waals surface area contributed by atoms with Crippen LogP contribution >= 0.6 is 0 Å². The van der Waals surface area contributed by atoms with Crippen LogP contribution in [0.4, 0.5) is 5.69 Å². The van der Waals surface area contributed by atoms with E-state index in [0.717, 1.165) is 44.0 Å². The Bertz CT molecular complexity index is 647. The summed E-state index contributed by atoms with van der Waals surface area (Å²) < 4.78 is 0. The molecule has 2 rings (SSSR count). The van der Waals surface area contributed by atoms with Gasteiger partial charge in [0.15, 0.2) is 5.96 Å². The monoisotopic (exact) mass is 347 g/mol. The maximum Gasteiger partial charge on any atom is 0.269 e. The summed E-state index contributed by atoms with van der Waals surface area (Å²) in [7, 11) is 0. The van der Waals surface area contributed by atoms with Crippen LogP contribution in [0, 0.1) is 16.0 Å². The quantitative estimate of drug-likeness (QED) is 0.351. The van der Waals surface area contributed by atoms with Crippen molar-refractivity contribution in [3.63, 3.8) is 0 Å². The molecule has 1 atom stereocenters. The third-order valence-corrected chi connectivity index (χ3v) is 4.18. The summed E-state index contributed by atoms with van der Waals surface area (Å²) >= 11 is 0. The minimum atomic E-state index is -0.405. The van der Waals surface area contributed by atoms with Crippen LogP contribution in [-0.2, 0) is 11.3 Å². The average Bonchev–Trinajstić information content (AvgIpc) is 2.58. The summed E-state index contributed by atoms with van der Waals surface area (Å²) in [5.41, 5.74) is 6.17. The lowest BCUT2D eigenvalue weighted by atomic mass is 9.95. The summed E-state index contributed by atoms with van der Waals surface area (Å²) in [6, 6.07) is 6.50. The topological polar surface area (TPSA) is 114 Å². The van der Waals surface area contributed by atoms with Gasteiger partial charge in [-0.25, -0.2) is 4.99 Å². The molecule has 1 aromatic carbocycles.